The monoisotopic (exact) mass is 786 g/mol. The van der Waals surface area contributed by atoms with E-state index in [1.165, 1.54) is 0 Å². The number of aryl methyl sites for hydroxylation is 1. The molecule has 2 saturated carbocycles. The molecular weight excluding hydrogens is 733 g/mol. The van der Waals surface area contributed by atoms with Gasteiger partial charge in [0.25, 0.3) is 5.91 Å². The molecule has 0 bridgehead atoms. The number of hydrogen-bond donors (Lipinski definition) is 3. The number of hydrogen-bond acceptors (Lipinski definition) is 9. The highest BCUT2D eigenvalue weighted by Gasteiger charge is 2.33. The Labute approximate surface area is 340 Å². The molecule has 3 aliphatic rings. The first-order chi connectivity index (χ1) is 28.1. The van der Waals surface area contributed by atoms with E-state index in [1.54, 1.807) is 19.3 Å². The third kappa shape index (κ3) is 9.37. The largest absolute Gasteiger partial charge is 0.480 e. The van der Waals surface area contributed by atoms with Crippen molar-refractivity contribution in [2.45, 2.75) is 109 Å². The molecule has 1 amide bonds. The van der Waals surface area contributed by atoms with E-state index in [1.807, 2.05) is 67.3 Å². The highest BCUT2D eigenvalue weighted by molar-refractivity contribution is 6.04. The first-order valence-corrected chi connectivity index (χ1v) is 20.8. The number of benzene rings is 2. The van der Waals surface area contributed by atoms with Crippen LogP contribution in [0.4, 0.5) is 5.69 Å². The van der Waals surface area contributed by atoms with Gasteiger partial charge in [-0.15, -0.1) is 0 Å². The molecule has 3 heterocycles. The van der Waals surface area contributed by atoms with Crippen molar-refractivity contribution < 1.29 is 34.1 Å². The number of nitrogens with one attached hydrogen (secondary N) is 1. The van der Waals surface area contributed by atoms with E-state index in [9.17, 15) is 29.4 Å². The van der Waals surface area contributed by atoms with Gasteiger partial charge in [-0.25, -0.2) is 0 Å². The summed E-state index contributed by atoms with van der Waals surface area (Å²) in [5.74, 6) is -1.44. The Morgan fingerprint density at radius 1 is 0.845 bits per heavy atom. The molecule has 3 fully saturated rings. The van der Waals surface area contributed by atoms with Gasteiger partial charge in [-0.2, -0.15) is 0 Å². The van der Waals surface area contributed by atoms with Crippen molar-refractivity contribution in [1.82, 2.24) is 14.9 Å². The zero-order valence-electron chi connectivity index (χ0n) is 33.8. The zero-order chi connectivity index (χ0) is 40.9. The topological polar surface area (TPSA) is 159 Å². The van der Waals surface area contributed by atoms with Crippen LogP contribution in [-0.2, 0) is 33.7 Å². The predicted molar refractivity (Wildman–Crippen MR) is 221 cm³/mol. The number of aliphatic hydroxyl groups excluding tert-OH is 1. The maximum absolute atomic E-state index is 13.8. The number of ketones is 1. The van der Waals surface area contributed by atoms with Crippen LogP contribution in [0.1, 0.15) is 130 Å². The maximum Gasteiger partial charge on any atom is 0.320 e. The van der Waals surface area contributed by atoms with Gasteiger partial charge in [0.2, 0.25) is 0 Å². The van der Waals surface area contributed by atoms with Gasteiger partial charge < -0.3 is 20.3 Å². The summed E-state index contributed by atoms with van der Waals surface area (Å²) in [6.07, 6.45) is 11.4. The minimum Gasteiger partial charge on any atom is -0.480 e. The number of carboxylic acid groups (broad SMARTS) is 1. The number of esters is 1. The average molecular weight is 787 g/mol. The van der Waals surface area contributed by atoms with Crippen LogP contribution in [0.2, 0.25) is 0 Å². The second kappa shape index (κ2) is 18.1. The Hall–Kier alpha value is -5.26. The predicted octanol–water partition coefficient (Wildman–Crippen LogP) is 7.74. The fourth-order valence-electron chi connectivity index (χ4n) is 8.40. The van der Waals surface area contributed by atoms with Crippen molar-refractivity contribution >= 4 is 29.3 Å². The van der Waals surface area contributed by atoms with Gasteiger partial charge >= 0.3 is 11.9 Å². The number of rotatable bonds is 17. The fourth-order valence-corrected chi connectivity index (χ4v) is 8.40. The standard InChI is InChI=1S/C47H54N4O7/c1-4-58-47(57)34(27-52)19-18-33-24-49-42(23-38(33)30-14-15-30)45(54)50-40-12-8-11-37(29(40)3)36-10-7-9-32(28(36)2)21-44(53)41-22-39(31-16-17-31)35(25-48-41)26-51-20-6-5-13-43(51)46(55)56/h7-12,22-25,30-31,34,43,52H,4-6,13-21,26-27H2,1-3H3,(H,50,54)(H,55,56)/t34-,43-/m0/s1. The molecule has 0 spiro atoms. The molecule has 0 radical (unpaired) electrons. The van der Waals surface area contributed by atoms with Crippen LogP contribution in [0.15, 0.2) is 60.9 Å². The Morgan fingerprint density at radius 2 is 1.50 bits per heavy atom. The molecule has 2 aliphatic carbocycles. The number of carbonyl (C=O) groups excluding carboxylic acids is 3. The van der Waals surface area contributed by atoms with Gasteiger partial charge in [0, 0.05) is 31.0 Å². The Kier molecular flexibility index (Phi) is 12.8. The molecule has 0 unspecified atom stereocenters. The van der Waals surface area contributed by atoms with Crippen molar-refractivity contribution in [1.29, 1.82) is 0 Å². The van der Waals surface area contributed by atoms with Crippen LogP contribution in [-0.4, -0.2) is 74.5 Å². The molecule has 2 aromatic carbocycles. The van der Waals surface area contributed by atoms with Crippen LogP contribution in [0.5, 0.6) is 0 Å². The first kappa shape index (κ1) is 40.9. The van der Waals surface area contributed by atoms with Gasteiger partial charge in [0.15, 0.2) is 5.78 Å². The van der Waals surface area contributed by atoms with Crippen LogP contribution in [0, 0.1) is 19.8 Å². The summed E-state index contributed by atoms with van der Waals surface area (Å²) in [6.45, 7) is 7.00. The number of nitrogens with zero attached hydrogens (tertiary/aromatic N) is 3. The molecule has 3 N–H and O–H groups in total. The van der Waals surface area contributed by atoms with Gasteiger partial charge in [-0.1, -0.05) is 36.8 Å². The fraction of sp³-hybridized carbons (Fsp3) is 0.447. The number of carbonyl (C=O) groups is 4. The molecule has 2 atom stereocenters. The van der Waals surface area contributed by atoms with Crippen molar-refractivity contribution in [3.05, 3.63) is 111 Å². The van der Waals surface area contributed by atoms with E-state index in [0.717, 1.165) is 95.1 Å². The Bertz CT molecular complexity index is 2190. The lowest BCUT2D eigenvalue weighted by Crippen LogP contribution is -2.44. The molecule has 1 aliphatic heterocycles. The number of amides is 1. The van der Waals surface area contributed by atoms with Crippen molar-refractivity contribution in [3.8, 4) is 11.1 Å². The second-order valence-corrected chi connectivity index (χ2v) is 16.2. The number of aromatic nitrogens is 2. The Balaban J connectivity index is 1.05. The van der Waals surface area contributed by atoms with Gasteiger partial charge in [0.05, 0.1) is 19.1 Å². The average Bonchev–Trinajstić information content (AvgIpc) is 4.16. The third-order valence-corrected chi connectivity index (χ3v) is 12.1. The van der Waals surface area contributed by atoms with Gasteiger partial charge in [0.1, 0.15) is 17.4 Å². The van der Waals surface area contributed by atoms with Crippen molar-refractivity contribution in [2.75, 3.05) is 25.1 Å². The lowest BCUT2D eigenvalue weighted by molar-refractivity contribution is -0.149. The number of anilines is 1. The number of likely N-dealkylation sites (tertiary alicyclic amines) is 1. The van der Waals surface area contributed by atoms with E-state index >= 15 is 0 Å². The summed E-state index contributed by atoms with van der Waals surface area (Å²) >= 11 is 0. The van der Waals surface area contributed by atoms with E-state index in [-0.39, 0.29) is 31.3 Å². The normalized spacial score (nSPS) is 17.4. The molecular formula is C47H54N4O7. The van der Waals surface area contributed by atoms with E-state index in [2.05, 4.69) is 15.3 Å². The minimum absolute atomic E-state index is 0.0656. The highest BCUT2D eigenvalue weighted by atomic mass is 16.5. The first-order valence-electron chi connectivity index (χ1n) is 20.8. The van der Waals surface area contributed by atoms with Crippen molar-refractivity contribution in [2.24, 2.45) is 5.92 Å². The lowest BCUT2D eigenvalue weighted by Gasteiger charge is -2.33. The number of carboxylic acids is 1. The summed E-state index contributed by atoms with van der Waals surface area (Å²) in [5, 5.41) is 22.7. The van der Waals surface area contributed by atoms with Crippen LogP contribution < -0.4 is 5.32 Å². The summed E-state index contributed by atoms with van der Waals surface area (Å²) in [6, 6.07) is 15.1. The summed E-state index contributed by atoms with van der Waals surface area (Å²) in [5.41, 5.74) is 10.3. The molecule has 11 nitrogen and oxygen atoms in total. The van der Waals surface area contributed by atoms with Crippen LogP contribution in [0.25, 0.3) is 11.1 Å². The molecule has 1 saturated heterocycles. The number of Topliss-reactive ketones (excluding diaryl/α,β-unsaturated/α-hetero) is 1. The number of ether oxygens (including phenoxy) is 1. The van der Waals surface area contributed by atoms with Crippen LogP contribution in [0.3, 0.4) is 0 Å². The summed E-state index contributed by atoms with van der Waals surface area (Å²) in [7, 11) is 0. The molecule has 58 heavy (non-hydrogen) atoms. The molecule has 2 aromatic heterocycles. The molecule has 11 heteroatoms. The third-order valence-electron chi connectivity index (χ3n) is 12.1. The number of aliphatic carboxylic acids is 1. The number of piperidine rings is 1. The van der Waals surface area contributed by atoms with Crippen molar-refractivity contribution in [3.63, 3.8) is 0 Å². The van der Waals surface area contributed by atoms with Gasteiger partial charge in [-0.3, -0.25) is 34.0 Å². The Morgan fingerprint density at radius 3 is 2.19 bits per heavy atom. The summed E-state index contributed by atoms with van der Waals surface area (Å²) < 4.78 is 5.11. The van der Waals surface area contributed by atoms with E-state index < -0.39 is 23.9 Å². The molecule has 304 valence electrons. The smallest absolute Gasteiger partial charge is 0.320 e. The highest BCUT2D eigenvalue weighted by Crippen LogP contribution is 2.43. The number of aliphatic hydroxyl groups is 1. The van der Waals surface area contributed by atoms with Crippen LogP contribution >= 0.6 is 0 Å². The molecule has 4 aromatic rings. The second-order valence-electron chi connectivity index (χ2n) is 16.2. The quantitative estimate of drug-likeness (QED) is 0.0714. The van der Waals surface area contributed by atoms with E-state index in [4.69, 9.17) is 4.74 Å². The summed E-state index contributed by atoms with van der Waals surface area (Å²) in [4.78, 5) is 62.9. The number of pyridine rings is 2. The molecule has 7 rings (SSSR count). The zero-order valence-corrected chi connectivity index (χ0v) is 33.8. The lowest BCUT2D eigenvalue weighted by atomic mass is 9.90. The maximum atomic E-state index is 13.8. The minimum atomic E-state index is -0.779. The SMILES string of the molecule is CCOC(=O)[C@H](CO)CCc1cnc(C(=O)Nc2cccc(-c3cccc(CC(=O)c4cc(C5CC5)c(CN5CCCC[C@H]5C(=O)O)cn4)c3C)c2C)cc1C1CC1. The van der Waals surface area contributed by atoms with E-state index in [0.29, 0.717) is 54.7 Å². The van der Waals surface area contributed by atoms with Gasteiger partial charge in [-0.05, 0) is 159 Å².